The second kappa shape index (κ2) is 6.69. The third kappa shape index (κ3) is 2.28. The van der Waals surface area contributed by atoms with Gasteiger partial charge in [0.1, 0.15) is 0 Å². The second-order valence-electron chi connectivity index (χ2n) is 8.93. The van der Waals surface area contributed by atoms with Gasteiger partial charge in [-0.3, -0.25) is 0 Å². The van der Waals surface area contributed by atoms with Crippen molar-refractivity contribution < 1.29 is 0 Å². The Kier molecular flexibility index (Phi) is 3.60. The molecule has 8 aromatic rings. The summed E-state index contributed by atoms with van der Waals surface area (Å²) < 4.78 is 5.24. The number of rotatable bonds is 1. The lowest BCUT2D eigenvalue weighted by molar-refractivity contribution is 1.21. The number of hydrogen-bond donors (Lipinski definition) is 0. The van der Waals surface area contributed by atoms with Crippen LogP contribution in [0.2, 0.25) is 0 Å². The molecule has 2 heteroatoms. The number of nitrogens with zero attached hydrogens (tertiary/aromatic N) is 1. The van der Waals surface area contributed by atoms with Crippen molar-refractivity contribution >= 4 is 74.9 Å². The molecule has 0 N–H and O–H groups in total. The zero-order valence-corrected chi connectivity index (χ0v) is 19.1. The molecule has 1 nitrogen and oxygen atoms in total. The Hall–Kier alpha value is -4.14. The van der Waals surface area contributed by atoms with Crippen molar-refractivity contribution in [3.63, 3.8) is 0 Å². The average molecular weight is 450 g/mol. The topological polar surface area (TPSA) is 4.93 Å². The fraction of sp³-hybridized carbons (Fsp3) is 0. The summed E-state index contributed by atoms with van der Waals surface area (Å²) in [6.07, 6.45) is 0. The summed E-state index contributed by atoms with van der Waals surface area (Å²) in [4.78, 5) is 0. The van der Waals surface area contributed by atoms with Crippen LogP contribution in [0.15, 0.2) is 115 Å². The molecule has 0 atom stereocenters. The number of aromatic nitrogens is 1. The van der Waals surface area contributed by atoms with Gasteiger partial charge in [0.05, 0.1) is 21.4 Å². The van der Waals surface area contributed by atoms with E-state index < -0.39 is 0 Å². The van der Waals surface area contributed by atoms with Gasteiger partial charge in [0.25, 0.3) is 0 Å². The number of benzene rings is 6. The highest BCUT2D eigenvalue weighted by atomic mass is 32.1. The zero-order chi connectivity index (χ0) is 22.2. The smallest absolute Gasteiger partial charge is 0.0734 e. The lowest BCUT2D eigenvalue weighted by Gasteiger charge is -2.13. The largest absolute Gasteiger partial charge is 0.307 e. The molecule has 0 bridgehead atoms. The zero-order valence-electron chi connectivity index (χ0n) is 18.3. The van der Waals surface area contributed by atoms with Crippen LogP contribution in [0, 0.1) is 0 Å². The van der Waals surface area contributed by atoms with E-state index in [4.69, 9.17) is 0 Å². The highest BCUT2D eigenvalue weighted by Crippen LogP contribution is 2.48. The van der Waals surface area contributed by atoms with Gasteiger partial charge < -0.3 is 4.57 Å². The van der Waals surface area contributed by atoms with Crippen molar-refractivity contribution in [1.29, 1.82) is 0 Å². The van der Waals surface area contributed by atoms with Crippen LogP contribution in [0.4, 0.5) is 0 Å². The van der Waals surface area contributed by atoms with E-state index in [0.29, 0.717) is 0 Å². The normalized spacial score (nSPS) is 12.1. The molecule has 0 unspecified atom stereocenters. The maximum Gasteiger partial charge on any atom is 0.0734 e. The number of para-hydroxylation sites is 1. The summed E-state index contributed by atoms with van der Waals surface area (Å²) in [6.45, 7) is 0. The van der Waals surface area contributed by atoms with E-state index in [0.717, 1.165) is 0 Å². The SMILES string of the molecule is c1ccc2c(-n3c4ccccc4c4sc5c6ccccc6c6ccccc6c5c43)cccc2c1. The van der Waals surface area contributed by atoms with Crippen molar-refractivity contribution in [3.8, 4) is 5.69 Å². The molecule has 34 heavy (non-hydrogen) atoms. The molecule has 2 aromatic heterocycles. The van der Waals surface area contributed by atoms with Gasteiger partial charge in [0.15, 0.2) is 0 Å². The van der Waals surface area contributed by atoms with E-state index >= 15 is 0 Å². The van der Waals surface area contributed by atoms with Crippen LogP contribution in [0.1, 0.15) is 0 Å². The van der Waals surface area contributed by atoms with Crippen LogP contribution in [0.25, 0.3) is 69.2 Å². The molecule has 0 saturated carbocycles. The van der Waals surface area contributed by atoms with Crippen molar-refractivity contribution in [1.82, 2.24) is 4.57 Å². The van der Waals surface area contributed by atoms with Gasteiger partial charge in [0, 0.05) is 26.2 Å². The lowest BCUT2D eigenvalue weighted by atomic mass is 9.98. The van der Waals surface area contributed by atoms with Crippen LogP contribution < -0.4 is 0 Å². The summed E-state index contributed by atoms with van der Waals surface area (Å²) in [6, 6.07) is 42.0. The molecular weight excluding hydrogens is 430 g/mol. The van der Waals surface area contributed by atoms with E-state index in [-0.39, 0.29) is 0 Å². The second-order valence-corrected chi connectivity index (χ2v) is 9.95. The molecule has 0 amide bonds. The van der Waals surface area contributed by atoms with Crippen LogP contribution >= 0.6 is 11.3 Å². The molecule has 0 spiro atoms. The van der Waals surface area contributed by atoms with Crippen LogP contribution in [0.5, 0.6) is 0 Å². The Morgan fingerprint density at radius 2 is 1.03 bits per heavy atom. The van der Waals surface area contributed by atoms with Crippen molar-refractivity contribution in [2.45, 2.75) is 0 Å². The summed E-state index contributed by atoms with van der Waals surface area (Å²) in [7, 11) is 0. The van der Waals surface area contributed by atoms with Crippen LogP contribution in [-0.2, 0) is 0 Å². The Morgan fingerprint density at radius 1 is 0.441 bits per heavy atom. The Bertz CT molecular complexity index is 2070. The third-order valence-electron chi connectivity index (χ3n) is 7.16. The molecular formula is C32H19NS. The lowest BCUT2D eigenvalue weighted by Crippen LogP contribution is -1.95. The van der Waals surface area contributed by atoms with E-state index in [9.17, 15) is 0 Å². The fourth-order valence-corrected chi connectivity index (χ4v) is 7.12. The van der Waals surface area contributed by atoms with Crippen LogP contribution in [-0.4, -0.2) is 4.57 Å². The van der Waals surface area contributed by atoms with Gasteiger partial charge in [-0.05, 0) is 33.7 Å². The van der Waals surface area contributed by atoms with Crippen molar-refractivity contribution in [3.05, 3.63) is 115 Å². The molecule has 0 aliphatic heterocycles. The minimum Gasteiger partial charge on any atom is -0.307 e. The first-order valence-corrected chi connectivity index (χ1v) is 12.4. The quantitative estimate of drug-likeness (QED) is 0.220. The third-order valence-corrected chi connectivity index (χ3v) is 8.41. The van der Waals surface area contributed by atoms with E-state index in [2.05, 4.69) is 120 Å². The van der Waals surface area contributed by atoms with E-state index in [1.165, 1.54) is 69.2 Å². The molecule has 0 fully saturated rings. The molecule has 0 saturated heterocycles. The molecule has 0 aliphatic rings. The molecule has 0 aliphatic carbocycles. The standard InChI is InChI=1S/C32H19NS/c1-2-12-21-20(10-1)11-9-19-27(21)33-28-18-8-7-17-26(28)32-30(33)29-24-15-5-3-13-22(24)23-14-4-6-16-25(23)31(29)34-32/h1-19H. The van der Waals surface area contributed by atoms with Gasteiger partial charge in [-0.25, -0.2) is 0 Å². The van der Waals surface area contributed by atoms with Gasteiger partial charge in [-0.2, -0.15) is 0 Å². The Labute approximate surface area is 200 Å². The fourth-order valence-electron chi connectivity index (χ4n) is 5.74. The minimum absolute atomic E-state index is 1.24. The summed E-state index contributed by atoms with van der Waals surface area (Å²) in [5.74, 6) is 0. The van der Waals surface area contributed by atoms with Gasteiger partial charge >= 0.3 is 0 Å². The molecule has 0 radical (unpaired) electrons. The number of fused-ring (bicyclic) bond motifs is 11. The van der Waals surface area contributed by atoms with E-state index in [1.807, 2.05) is 11.3 Å². The Morgan fingerprint density at radius 3 is 1.85 bits per heavy atom. The van der Waals surface area contributed by atoms with E-state index in [1.54, 1.807) is 0 Å². The molecule has 6 aromatic carbocycles. The van der Waals surface area contributed by atoms with Gasteiger partial charge in [-0.1, -0.05) is 103 Å². The average Bonchev–Trinajstić information content (AvgIpc) is 3.44. The molecule has 8 rings (SSSR count). The van der Waals surface area contributed by atoms with Crippen LogP contribution in [0.3, 0.4) is 0 Å². The number of thiophene rings is 1. The van der Waals surface area contributed by atoms with Gasteiger partial charge in [0.2, 0.25) is 0 Å². The predicted molar refractivity (Wildman–Crippen MR) is 149 cm³/mol. The first-order chi connectivity index (χ1) is 16.9. The Balaban J connectivity index is 1.71. The summed E-state index contributed by atoms with van der Waals surface area (Å²) in [5.41, 5.74) is 3.82. The molecule has 158 valence electrons. The maximum atomic E-state index is 2.51. The highest BCUT2D eigenvalue weighted by Gasteiger charge is 2.21. The van der Waals surface area contributed by atoms with Gasteiger partial charge in [-0.15, -0.1) is 11.3 Å². The number of hydrogen-bond acceptors (Lipinski definition) is 1. The maximum absolute atomic E-state index is 2.51. The highest BCUT2D eigenvalue weighted by molar-refractivity contribution is 7.27. The predicted octanol–water partition coefficient (Wildman–Crippen LogP) is 9.46. The van der Waals surface area contributed by atoms with Crippen molar-refractivity contribution in [2.24, 2.45) is 0 Å². The monoisotopic (exact) mass is 449 g/mol. The first-order valence-electron chi connectivity index (χ1n) is 11.6. The summed E-state index contributed by atoms with van der Waals surface area (Å²) >= 11 is 1.94. The molecule has 2 heterocycles. The minimum atomic E-state index is 1.24. The van der Waals surface area contributed by atoms with Crippen molar-refractivity contribution in [2.75, 3.05) is 0 Å². The summed E-state index contributed by atoms with van der Waals surface area (Å²) in [5, 5.41) is 10.5. The first kappa shape index (κ1) is 18.3.